The van der Waals surface area contributed by atoms with E-state index in [9.17, 15) is 9.59 Å². The van der Waals surface area contributed by atoms with Crippen molar-refractivity contribution in [3.8, 4) is 0 Å². The molecule has 0 aliphatic heterocycles. The second-order valence-electron chi connectivity index (χ2n) is 4.49. The van der Waals surface area contributed by atoms with Gasteiger partial charge in [-0.2, -0.15) is 0 Å². The molecule has 0 aliphatic rings. The van der Waals surface area contributed by atoms with Gasteiger partial charge in [-0.15, -0.1) is 11.6 Å². The quantitative estimate of drug-likeness (QED) is 0.458. The zero-order valence-corrected chi connectivity index (χ0v) is 12.9. The van der Waals surface area contributed by atoms with Gasteiger partial charge in [0.25, 0.3) is 0 Å². The highest BCUT2D eigenvalue weighted by Crippen LogP contribution is 2.21. The summed E-state index contributed by atoms with van der Waals surface area (Å²) >= 11 is 6.07. The largest absolute Gasteiger partial charge is 0.465 e. The van der Waals surface area contributed by atoms with Gasteiger partial charge in [-0.25, -0.2) is 0 Å². The lowest BCUT2D eigenvalue weighted by Gasteiger charge is -2.19. The van der Waals surface area contributed by atoms with Crippen LogP contribution in [-0.4, -0.2) is 30.5 Å². The Bertz CT molecular complexity index is 268. The lowest BCUT2D eigenvalue weighted by molar-refractivity contribution is -0.155. The second kappa shape index (κ2) is 11.1. The molecule has 0 saturated carbocycles. The number of rotatable bonds is 10. The van der Waals surface area contributed by atoms with E-state index in [1.165, 1.54) is 0 Å². The summed E-state index contributed by atoms with van der Waals surface area (Å²) in [5, 5.41) is -0.956. The molecule has 0 bridgehead atoms. The van der Waals surface area contributed by atoms with Crippen molar-refractivity contribution in [1.29, 1.82) is 0 Å². The average molecular weight is 293 g/mol. The third-order valence-electron chi connectivity index (χ3n) is 2.65. The first-order valence-electron chi connectivity index (χ1n) is 7.05. The van der Waals surface area contributed by atoms with Crippen LogP contribution in [0.25, 0.3) is 0 Å². The van der Waals surface area contributed by atoms with E-state index in [4.69, 9.17) is 21.1 Å². The molecular weight excluding hydrogens is 268 g/mol. The Labute approximate surface area is 120 Å². The Morgan fingerprint density at radius 2 is 1.47 bits per heavy atom. The monoisotopic (exact) mass is 292 g/mol. The molecule has 0 radical (unpaired) electrons. The molecule has 0 aromatic heterocycles. The normalized spacial score (nSPS) is 13.7. The summed E-state index contributed by atoms with van der Waals surface area (Å²) in [5.41, 5.74) is 0. The van der Waals surface area contributed by atoms with Crippen molar-refractivity contribution < 1.29 is 19.1 Å². The van der Waals surface area contributed by atoms with Crippen LogP contribution < -0.4 is 0 Å². The number of hydrogen-bond donors (Lipinski definition) is 0. The predicted octanol–water partition coefficient (Wildman–Crippen LogP) is 3.31. The molecule has 0 amide bonds. The maximum atomic E-state index is 11.9. The molecule has 4 nitrogen and oxygen atoms in total. The Hall–Kier alpha value is -0.770. The minimum absolute atomic E-state index is 0.326. The minimum Gasteiger partial charge on any atom is -0.465 e. The van der Waals surface area contributed by atoms with Crippen LogP contribution >= 0.6 is 11.6 Å². The van der Waals surface area contributed by atoms with Gasteiger partial charge in [0.1, 0.15) is 5.38 Å². The highest BCUT2D eigenvalue weighted by atomic mass is 35.5. The van der Waals surface area contributed by atoms with E-state index >= 15 is 0 Å². The smallest absolute Gasteiger partial charge is 0.324 e. The number of ether oxygens (including phenoxy) is 2. The van der Waals surface area contributed by atoms with Crippen LogP contribution in [0.4, 0.5) is 0 Å². The Morgan fingerprint density at radius 1 is 0.947 bits per heavy atom. The number of unbranched alkanes of at least 4 members (excludes halogenated alkanes) is 1. The lowest BCUT2D eigenvalue weighted by atomic mass is 9.98. The number of hydrogen-bond acceptors (Lipinski definition) is 4. The van der Waals surface area contributed by atoms with E-state index in [0.29, 0.717) is 19.6 Å². The van der Waals surface area contributed by atoms with E-state index in [0.717, 1.165) is 25.7 Å². The van der Waals surface area contributed by atoms with Crippen LogP contribution in [0.5, 0.6) is 0 Å². The van der Waals surface area contributed by atoms with E-state index < -0.39 is 23.2 Å². The predicted molar refractivity (Wildman–Crippen MR) is 75.2 cm³/mol. The van der Waals surface area contributed by atoms with Gasteiger partial charge >= 0.3 is 11.9 Å². The SMILES string of the molecule is CCCCC(C(=O)OCCC)C(Cl)C(=O)OCCC. The summed E-state index contributed by atoms with van der Waals surface area (Å²) in [7, 11) is 0. The molecule has 0 N–H and O–H groups in total. The zero-order chi connectivity index (χ0) is 14.7. The molecule has 2 unspecified atom stereocenters. The highest BCUT2D eigenvalue weighted by molar-refractivity contribution is 6.31. The van der Waals surface area contributed by atoms with Gasteiger partial charge in [0, 0.05) is 0 Å². The van der Waals surface area contributed by atoms with Crippen molar-refractivity contribution in [2.24, 2.45) is 5.92 Å². The molecule has 2 atom stereocenters. The summed E-state index contributed by atoms with van der Waals surface area (Å²) in [6, 6.07) is 0. The fourth-order valence-electron chi connectivity index (χ4n) is 1.56. The summed E-state index contributed by atoms with van der Waals surface area (Å²) < 4.78 is 10.1. The molecule has 0 aromatic carbocycles. The Balaban J connectivity index is 4.52. The highest BCUT2D eigenvalue weighted by Gasteiger charge is 2.33. The van der Waals surface area contributed by atoms with Crippen LogP contribution in [-0.2, 0) is 19.1 Å². The number of alkyl halides is 1. The van der Waals surface area contributed by atoms with E-state index in [1.807, 2.05) is 20.8 Å². The van der Waals surface area contributed by atoms with Crippen LogP contribution in [0.3, 0.4) is 0 Å². The third kappa shape index (κ3) is 7.41. The third-order valence-corrected chi connectivity index (χ3v) is 3.13. The number of halogens is 1. The number of esters is 2. The van der Waals surface area contributed by atoms with E-state index in [-0.39, 0.29) is 0 Å². The van der Waals surface area contributed by atoms with Crippen molar-refractivity contribution in [3.05, 3.63) is 0 Å². The molecule has 19 heavy (non-hydrogen) atoms. The van der Waals surface area contributed by atoms with Gasteiger partial charge in [-0.3, -0.25) is 9.59 Å². The van der Waals surface area contributed by atoms with Crippen LogP contribution in [0.1, 0.15) is 52.9 Å². The number of carbonyl (C=O) groups excluding carboxylic acids is 2. The Morgan fingerprint density at radius 3 is 1.95 bits per heavy atom. The molecule has 0 rings (SSSR count). The molecular formula is C14H25ClO4. The molecule has 0 aromatic rings. The summed E-state index contributed by atoms with van der Waals surface area (Å²) in [5.74, 6) is -1.54. The topological polar surface area (TPSA) is 52.6 Å². The molecule has 0 aliphatic carbocycles. The van der Waals surface area contributed by atoms with Gasteiger partial charge in [0.15, 0.2) is 0 Å². The Kier molecular flexibility index (Phi) is 10.6. The summed E-state index contributed by atoms with van der Waals surface area (Å²) in [4.78, 5) is 23.6. The van der Waals surface area contributed by atoms with Crippen LogP contribution in [0.15, 0.2) is 0 Å². The number of carbonyl (C=O) groups is 2. The second-order valence-corrected chi connectivity index (χ2v) is 4.96. The zero-order valence-electron chi connectivity index (χ0n) is 12.1. The van der Waals surface area contributed by atoms with E-state index in [1.54, 1.807) is 0 Å². The maximum absolute atomic E-state index is 11.9. The first kappa shape index (κ1) is 18.2. The summed E-state index contributed by atoms with van der Waals surface area (Å²) in [6.45, 7) is 6.53. The fraction of sp³-hybridized carbons (Fsp3) is 0.857. The van der Waals surface area contributed by atoms with Gasteiger partial charge in [0.05, 0.1) is 19.1 Å². The van der Waals surface area contributed by atoms with Crippen LogP contribution in [0.2, 0.25) is 0 Å². The van der Waals surface area contributed by atoms with Gasteiger partial charge in [-0.1, -0.05) is 33.6 Å². The first-order chi connectivity index (χ1) is 9.08. The standard InChI is InChI=1S/C14H25ClO4/c1-4-7-8-11(13(16)18-9-5-2)12(15)14(17)19-10-6-3/h11-12H,4-10H2,1-3H3. The van der Waals surface area contributed by atoms with Crippen molar-refractivity contribution in [2.75, 3.05) is 13.2 Å². The van der Waals surface area contributed by atoms with Crippen LogP contribution in [0, 0.1) is 5.92 Å². The van der Waals surface area contributed by atoms with Crippen molar-refractivity contribution in [2.45, 2.75) is 58.3 Å². The minimum atomic E-state index is -0.956. The molecule has 0 saturated heterocycles. The average Bonchev–Trinajstić information content (AvgIpc) is 2.42. The first-order valence-corrected chi connectivity index (χ1v) is 7.49. The van der Waals surface area contributed by atoms with Gasteiger partial charge < -0.3 is 9.47 Å². The molecule has 0 spiro atoms. The van der Waals surface area contributed by atoms with Crippen molar-refractivity contribution in [3.63, 3.8) is 0 Å². The maximum Gasteiger partial charge on any atom is 0.324 e. The van der Waals surface area contributed by atoms with E-state index in [2.05, 4.69) is 0 Å². The molecule has 0 fully saturated rings. The lowest BCUT2D eigenvalue weighted by Crippen LogP contribution is -2.33. The summed E-state index contributed by atoms with van der Waals surface area (Å²) in [6.07, 6.45) is 3.80. The molecule has 0 heterocycles. The fourth-order valence-corrected chi connectivity index (χ4v) is 1.86. The molecule has 112 valence electrons. The van der Waals surface area contributed by atoms with Crippen molar-refractivity contribution >= 4 is 23.5 Å². The molecule has 5 heteroatoms. The van der Waals surface area contributed by atoms with Gasteiger partial charge in [0.2, 0.25) is 0 Å². The van der Waals surface area contributed by atoms with Gasteiger partial charge in [-0.05, 0) is 19.3 Å². The van der Waals surface area contributed by atoms with Crippen molar-refractivity contribution in [1.82, 2.24) is 0 Å².